The molecule has 6 nitrogen and oxygen atoms in total. The van der Waals surface area contributed by atoms with Crippen LogP contribution in [-0.4, -0.2) is 19.7 Å². The minimum absolute atomic E-state index is 0.0510. The molecule has 16 heavy (non-hydrogen) atoms. The van der Waals surface area contributed by atoms with E-state index in [0.29, 0.717) is 21.9 Å². The van der Waals surface area contributed by atoms with Gasteiger partial charge in [0.2, 0.25) is 0 Å². The third kappa shape index (κ3) is 0.977. The summed E-state index contributed by atoms with van der Waals surface area (Å²) in [4.78, 5) is 17.1. The number of H-pyrrole nitrogens is 1. The second kappa shape index (κ2) is 2.82. The Morgan fingerprint density at radius 2 is 2.25 bits per heavy atom. The number of fused-ring (bicyclic) bond motifs is 3. The Labute approximate surface area is 93.7 Å². The molecule has 3 heterocycles. The fourth-order valence-corrected chi connectivity index (χ4v) is 2.75. The van der Waals surface area contributed by atoms with Gasteiger partial charge in [0.15, 0.2) is 0 Å². The highest BCUT2D eigenvalue weighted by Crippen LogP contribution is 2.32. The zero-order chi connectivity index (χ0) is 11.4. The average Bonchev–Trinajstić information content (AvgIpc) is 2.77. The molecule has 0 fully saturated rings. The van der Waals surface area contributed by atoms with Gasteiger partial charge in [-0.25, -0.2) is 4.98 Å². The first-order valence-electron chi connectivity index (χ1n) is 4.69. The molecular weight excluding hydrogens is 226 g/mol. The van der Waals surface area contributed by atoms with E-state index in [1.165, 1.54) is 15.9 Å². The van der Waals surface area contributed by atoms with E-state index in [4.69, 9.17) is 5.73 Å². The summed E-state index contributed by atoms with van der Waals surface area (Å²) in [6.45, 7) is 1.79. The number of thiophene rings is 1. The van der Waals surface area contributed by atoms with Crippen molar-refractivity contribution in [2.24, 2.45) is 7.05 Å². The molecule has 7 heteroatoms. The minimum atomic E-state index is -0.0510. The molecule has 0 aliphatic carbocycles. The molecule has 0 atom stereocenters. The van der Waals surface area contributed by atoms with Crippen LogP contribution in [0.25, 0.3) is 20.4 Å². The molecule has 0 aromatic carbocycles. The van der Waals surface area contributed by atoms with E-state index in [1.807, 2.05) is 0 Å². The van der Waals surface area contributed by atoms with Crippen LogP contribution in [0.3, 0.4) is 0 Å². The maximum atomic E-state index is 12.0. The van der Waals surface area contributed by atoms with Gasteiger partial charge in [0.05, 0.1) is 5.39 Å². The highest BCUT2D eigenvalue weighted by Gasteiger charge is 2.16. The van der Waals surface area contributed by atoms with Crippen LogP contribution in [0.2, 0.25) is 0 Å². The third-order valence-electron chi connectivity index (χ3n) is 2.67. The molecule has 0 saturated carbocycles. The lowest BCUT2D eigenvalue weighted by Gasteiger charge is -2.01. The Balaban J connectivity index is 2.67. The van der Waals surface area contributed by atoms with Crippen molar-refractivity contribution in [1.29, 1.82) is 0 Å². The van der Waals surface area contributed by atoms with Gasteiger partial charge in [-0.3, -0.25) is 14.5 Å². The van der Waals surface area contributed by atoms with E-state index in [9.17, 15) is 4.79 Å². The highest BCUT2D eigenvalue weighted by molar-refractivity contribution is 7.25. The number of nitrogens with two attached hydrogens (primary N) is 1. The first kappa shape index (κ1) is 9.34. The molecule has 0 amide bonds. The molecule has 82 valence electrons. The van der Waals surface area contributed by atoms with Crippen LogP contribution in [0, 0.1) is 6.92 Å². The number of anilines is 1. The van der Waals surface area contributed by atoms with Gasteiger partial charge in [0.1, 0.15) is 26.7 Å². The summed E-state index contributed by atoms with van der Waals surface area (Å²) >= 11 is 1.31. The Bertz CT molecular complexity index is 765. The van der Waals surface area contributed by atoms with Crippen molar-refractivity contribution >= 4 is 37.6 Å². The SMILES string of the molecule is Cc1nc2c(sc3n[nH]c(N)c32)c(=O)n1C. The minimum Gasteiger partial charge on any atom is -0.383 e. The van der Waals surface area contributed by atoms with Crippen molar-refractivity contribution in [1.82, 2.24) is 19.7 Å². The topological polar surface area (TPSA) is 89.6 Å². The number of aromatic nitrogens is 4. The zero-order valence-electron chi connectivity index (χ0n) is 8.74. The van der Waals surface area contributed by atoms with Gasteiger partial charge in [-0.1, -0.05) is 0 Å². The molecule has 0 aliphatic heterocycles. The normalized spacial score (nSPS) is 11.6. The fraction of sp³-hybridized carbons (Fsp3) is 0.222. The van der Waals surface area contributed by atoms with E-state index < -0.39 is 0 Å². The van der Waals surface area contributed by atoms with Crippen molar-refractivity contribution in [3.8, 4) is 0 Å². The first-order chi connectivity index (χ1) is 7.59. The molecule has 3 aromatic heterocycles. The standard InChI is InChI=1S/C9H9N5OS/c1-3-11-5-4-7(10)12-13-8(4)16-6(5)9(15)14(3)2/h1-2H3,(H3,10,12,13). The van der Waals surface area contributed by atoms with E-state index in [0.717, 1.165) is 10.2 Å². The molecule has 0 saturated heterocycles. The number of hydrogen-bond acceptors (Lipinski definition) is 5. The second-order valence-corrected chi connectivity index (χ2v) is 4.62. The Kier molecular flexibility index (Phi) is 1.65. The van der Waals surface area contributed by atoms with Crippen LogP contribution in [0.15, 0.2) is 4.79 Å². The molecule has 0 radical (unpaired) electrons. The quantitative estimate of drug-likeness (QED) is 0.602. The molecular formula is C9H9N5OS. The number of nitrogen functional groups attached to an aromatic ring is 1. The van der Waals surface area contributed by atoms with Crippen LogP contribution in [0.1, 0.15) is 5.82 Å². The third-order valence-corrected chi connectivity index (χ3v) is 3.73. The zero-order valence-corrected chi connectivity index (χ0v) is 9.55. The van der Waals surface area contributed by atoms with Gasteiger partial charge in [-0.2, -0.15) is 5.10 Å². The number of aryl methyl sites for hydroxylation is 1. The summed E-state index contributed by atoms with van der Waals surface area (Å²) in [5.74, 6) is 1.12. The van der Waals surface area contributed by atoms with Gasteiger partial charge in [-0.05, 0) is 6.92 Å². The maximum absolute atomic E-state index is 12.0. The number of nitrogens with one attached hydrogen (secondary N) is 1. The fourth-order valence-electron chi connectivity index (χ4n) is 1.69. The highest BCUT2D eigenvalue weighted by atomic mass is 32.1. The molecule has 3 rings (SSSR count). The predicted molar refractivity (Wildman–Crippen MR) is 63.7 cm³/mol. The summed E-state index contributed by atoms with van der Waals surface area (Å²) in [6, 6.07) is 0. The van der Waals surface area contributed by atoms with Crippen molar-refractivity contribution in [3.63, 3.8) is 0 Å². The predicted octanol–water partition coefficient (Wildman–Crippen LogP) is 0.762. The van der Waals surface area contributed by atoms with Gasteiger partial charge >= 0.3 is 0 Å². The summed E-state index contributed by atoms with van der Waals surface area (Å²) in [5.41, 5.74) is 6.36. The van der Waals surface area contributed by atoms with Crippen LogP contribution in [0.4, 0.5) is 5.82 Å². The van der Waals surface area contributed by atoms with Crippen molar-refractivity contribution in [2.75, 3.05) is 5.73 Å². The van der Waals surface area contributed by atoms with Crippen molar-refractivity contribution in [2.45, 2.75) is 6.92 Å². The van der Waals surface area contributed by atoms with Gasteiger partial charge in [0.25, 0.3) is 5.56 Å². The Hall–Kier alpha value is -1.89. The molecule has 0 aliphatic rings. The van der Waals surface area contributed by atoms with Crippen LogP contribution in [0.5, 0.6) is 0 Å². The van der Waals surface area contributed by atoms with Crippen LogP contribution in [-0.2, 0) is 7.05 Å². The van der Waals surface area contributed by atoms with E-state index in [-0.39, 0.29) is 5.56 Å². The van der Waals surface area contributed by atoms with Crippen LogP contribution < -0.4 is 11.3 Å². The molecule has 3 N–H and O–H groups in total. The summed E-state index contributed by atoms with van der Waals surface area (Å²) in [6.07, 6.45) is 0. The van der Waals surface area contributed by atoms with E-state index >= 15 is 0 Å². The maximum Gasteiger partial charge on any atom is 0.271 e. The van der Waals surface area contributed by atoms with Gasteiger partial charge in [-0.15, -0.1) is 11.3 Å². The van der Waals surface area contributed by atoms with Crippen molar-refractivity contribution in [3.05, 3.63) is 16.2 Å². The molecule has 3 aromatic rings. The average molecular weight is 235 g/mol. The molecule has 0 bridgehead atoms. The summed E-state index contributed by atoms with van der Waals surface area (Å²) in [5, 5.41) is 7.48. The van der Waals surface area contributed by atoms with Gasteiger partial charge in [0, 0.05) is 7.05 Å². The largest absolute Gasteiger partial charge is 0.383 e. The second-order valence-electron chi connectivity index (χ2n) is 3.62. The van der Waals surface area contributed by atoms with E-state index in [1.54, 1.807) is 14.0 Å². The van der Waals surface area contributed by atoms with Crippen molar-refractivity contribution < 1.29 is 0 Å². The Morgan fingerprint density at radius 1 is 1.50 bits per heavy atom. The number of aromatic amines is 1. The molecule has 0 spiro atoms. The smallest absolute Gasteiger partial charge is 0.271 e. The summed E-state index contributed by atoms with van der Waals surface area (Å²) < 4.78 is 2.13. The van der Waals surface area contributed by atoms with Crippen LogP contribution >= 0.6 is 11.3 Å². The lowest BCUT2D eigenvalue weighted by Crippen LogP contribution is -2.19. The first-order valence-corrected chi connectivity index (χ1v) is 5.51. The summed E-state index contributed by atoms with van der Waals surface area (Å²) in [7, 11) is 1.71. The number of rotatable bonds is 0. The van der Waals surface area contributed by atoms with Gasteiger partial charge < -0.3 is 5.73 Å². The molecule has 0 unspecified atom stereocenters. The monoisotopic (exact) mass is 235 g/mol. The Morgan fingerprint density at radius 3 is 3.00 bits per heavy atom. The number of nitrogens with zero attached hydrogens (tertiary/aromatic N) is 3. The number of hydrogen-bond donors (Lipinski definition) is 2. The lowest BCUT2D eigenvalue weighted by atomic mass is 10.3. The lowest BCUT2D eigenvalue weighted by molar-refractivity contribution is 0.795. The van der Waals surface area contributed by atoms with E-state index in [2.05, 4.69) is 15.2 Å².